The van der Waals surface area contributed by atoms with Crippen LogP contribution in [-0.2, 0) is 4.79 Å². The number of amides is 1. The molecular formula is C20H22Cl2N4O. The van der Waals surface area contributed by atoms with Crippen molar-refractivity contribution in [3.05, 3.63) is 28.2 Å². The summed E-state index contributed by atoms with van der Waals surface area (Å²) in [5.41, 5.74) is 0.691. The summed E-state index contributed by atoms with van der Waals surface area (Å²) in [6, 6.07) is 6.41. The topological polar surface area (TPSA) is 59.4 Å². The normalized spacial score (nSPS) is 36.3. The fraction of sp³-hybridized carbons (Fsp3) is 0.600. The van der Waals surface area contributed by atoms with Gasteiger partial charge in [0.05, 0.1) is 17.5 Å². The number of nitrogens with zero attached hydrogens (tertiary/aromatic N) is 3. The number of halogens is 2. The first kappa shape index (κ1) is 17.5. The van der Waals surface area contributed by atoms with E-state index in [2.05, 4.69) is 16.4 Å². The number of hydrogen-bond acceptors (Lipinski definition) is 4. The molecule has 1 N–H and O–H groups in total. The summed E-state index contributed by atoms with van der Waals surface area (Å²) in [4.78, 5) is 17.5. The quantitative estimate of drug-likeness (QED) is 0.782. The van der Waals surface area contributed by atoms with Gasteiger partial charge in [-0.05, 0) is 56.7 Å². The van der Waals surface area contributed by atoms with Crippen LogP contribution in [0.4, 0.5) is 5.69 Å². The molecule has 1 saturated carbocycles. The summed E-state index contributed by atoms with van der Waals surface area (Å²) in [6.07, 6.45) is 8.10. The maximum atomic E-state index is 13.3. The summed E-state index contributed by atoms with van der Waals surface area (Å²) >= 11 is 12.4. The third kappa shape index (κ3) is 2.53. The Morgan fingerprint density at radius 2 is 1.96 bits per heavy atom. The maximum Gasteiger partial charge on any atom is 0.228 e. The largest absolute Gasteiger partial charge is 0.367 e. The number of nitrogens with one attached hydrogen (secondary N) is 1. The molecule has 5 rings (SSSR count). The lowest BCUT2D eigenvalue weighted by Gasteiger charge is -2.47. The zero-order chi connectivity index (χ0) is 18.8. The number of benzene rings is 1. The minimum atomic E-state index is -0.311. The first-order valence-corrected chi connectivity index (χ1v) is 10.5. The Balaban J connectivity index is 1.32. The number of fused-ring (bicyclic) bond motifs is 3. The third-order valence-corrected chi connectivity index (χ3v) is 7.71. The van der Waals surface area contributed by atoms with Gasteiger partial charge in [0.25, 0.3) is 0 Å². The van der Waals surface area contributed by atoms with Crippen molar-refractivity contribution < 1.29 is 4.79 Å². The number of carbonyl (C=O) groups excluding carboxylic acids is 1. The average Bonchev–Trinajstić information content (AvgIpc) is 3.23. The lowest BCUT2D eigenvalue weighted by molar-refractivity contribution is -0.137. The van der Waals surface area contributed by atoms with Crippen LogP contribution in [-0.4, -0.2) is 41.5 Å². The summed E-state index contributed by atoms with van der Waals surface area (Å²) in [7, 11) is 0. The minimum absolute atomic E-state index is 0.112. The van der Waals surface area contributed by atoms with E-state index in [9.17, 15) is 10.1 Å². The van der Waals surface area contributed by atoms with E-state index in [4.69, 9.17) is 23.2 Å². The van der Waals surface area contributed by atoms with Crippen LogP contribution in [0.3, 0.4) is 0 Å². The van der Waals surface area contributed by atoms with Crippen LogP contribution in [0, 0.1) is 16.9 Å². The summed E-state index contributed by atoms with van der Waals surface area (Å²) in [5, 5.41) is 13.9. The fourth-order valence-corrected chi connectivity index (χ4v) is 6.36. The lowest BCUT2D eigenvalue weighted by atomic mass is 9.63. The number of anilines is 1. The SMILES string of the molecule is N#CN1[C@H]2CC[C@@H]1[C@H](NC(=O)C13CCC1N(c1cc(Cl)cc(Cl)c1)CC3)C2. The van der Waals surface area contributed by atoms with E-state index in [0.717, 1.165) is 50.8 Å². The minimum Gasteiger partial charge on any atom is -0.367 e. The van der Waals surface area contributed by atoms with Gasteiger partial charge in [0.15, 0.2) is 6.19 Å². The van der Waals surface area contributed by atoms with Gasteiger partial charge in [-0.2, -0.15) is 5.26 Å². The van der Waals surface area contributed by atoms with Crippen LogP contribution in [0.1, 0.15) is 38.5 Å². The van der Waals surface area contributed by atoms with Crippen molar-refractivity contribution in [1.29, 1.82) is 5.26 Å². The van der Waals surface area contributed by atoms with E-state index in [0.29, 0.717) is 16.1 Å². The highest BCUT2D eigenvalue weighted by atomic mass is 35.5. The van der Waals surface area contributed by atoms with Crippen molar-refractivity contribution in [1.82, 2.24) is 10.2 Å². The molecule has 1 aromatic carbocycles. The molecule has 3 saturated heterocycles. The molecule has 1 aromatic rings. The Labute approximate surface area is 169 Å². The summed E-state index contributed by atoms with van der Waals surface area (Å²) < 4.78 is 0. The van der Waals surface area contributed by atoms with E-state index in [1.165, 1.54) is 0 Å². The van der Waals surface area contributed by atoms with Gasteiger partial charge >= 0.3 is 0 Å². The molecule has 2 bridgehead atoms. The highest BCUT2D eigenvalue weighted by Gasteiger charge is 2.60. The van der Waals surface area contributed by atoms with Gasteiger partial charge in [-0.15, -0.1) is 0 Å². The van der Waals surface area contributed by atoms with Crippen LogP contribution in [0.2, 0.25) is 10.0 Å². The molecule has 0 radical (unpaired) electrons. The van der Waals surface area contributed by atoms with E-state index in [1.54, 1.807) is 6.07 Å². The van der Waals surface area contributed by atoms with Gasteiger partial charge in [-0.3, -0.25) is 4.79 Å². The van der Waals surface area contributed by atoms with Gasteiger partial charge in [-0.1, -0.05) is 23.2 Å². The molecule has 142 valence electrons. The molecule has 5 nitrogen and oxygen atoms in total. The Bertz CT molecular complexity index is 820. The molecule has 0 aromatic heterocycles. The van der Waals surface area contributed by atoms with E-state index in [1.807, 2.05) is 17.0 Å². The van der Waals surface area contributed by atoms with Crippen LogP contribution in [0.15, 0.2) is 18.2 Å². The second-order valence-electron chi connectivity index (χ2n) is 8.40. The van der Waals surface area contributed by atoms with Gasteiger partial charge in [-0.25, -0.2) is 0 Å². The standard InChI is InChI=1S/C20H22Cl2N4O/c21-12-7-13(22)9-15(8-12)25-6-5-20(4-3-18(20)25)19(27)24-16-10-14-1-2-17(16)26(14)11-23/h7-9,14,16-18H,1-6,10H2,(H,24,27)/t14-,16+,17+,18?,20?/m0/s1. The smallest absolute Gasteiger partial charge is 0.228 e. The Kier molecular flexibility index (Phi) is 4.00. The van der Waals surface area contributed by atoms with Crippen LogP contribution in [0.25, 0.3) is 0 Å². The van der Waals surface area contributed by atoms with Gasteiger partial charge in [0, 0.05) is 34.4 Å². The molecule has 27 heavy (non-hydrogen) atoms. The van der Waals surface area contributed by atoms with E-state index >= 15 is 0 Å². The van der Waals surface area contributed by atoms with E-state index < -0.39 is 0 Å². The van der Waals surface area contributed by atoms with Crippen molar-refractivity contribution in [3.63, 3.8) is 0 Å². The number of nitriles is 1. The molecule has 5 atom stereocenters. The predicted molar refractivity (Wildman–Crippen MR) is 105 cm³/mol. The molecule has 0 spiro atoms. The average molecular weight is 405 g/mol. The van der Waals surface area contributed by atoms with Crippen LogP contribution in [0.5, 0.6) is 0 Å². The molecule has 3 aliphatic heterocycles. The monoisotopic (exact) mass is 404 g/mol. The molecule has 7 heteroatoms. The molecule has 3 heterocycles. The van der Waals surface area contributed by atoms with Crippen molar-refractivity contribution in [2.75, 3.05) is 11.4 Å². The molecule has 4 aliphatic rings. The predicted octanol–water partition coefficient (Wildman–Crippen LogP) is 3.55. The Morgan fingerprint density at radius 1 is 1.19 bits per heavy atom. The Hall–Kier alpha value is -1.64. The lowest BCUT2D eigenvalue weighted by Crippen LogP contribution is -2.59. The molecule has 1 amide bonds. The van der Waals surface area contributed by atoms with Crippen molar-refractivity contribution >= 4 is 34.8 Å². The first-order chi connectivity index (χ1) is 13.0. The number of carbonyl (C=O) groups is 1. The summed E-state index contributed by atoms with van der Waals surface area (Å²) in [5.74, 6) is 0.171. The highest BCUT2D eigenvalue weighted by Crippen LogP contribution is 2.54. The number of hydrogen-bond donors (Lipinski definition) is 1. The zero-order valence-corrected chi connectivity index (χ0v) is 16.5. The molecule has 1 aliphatic carbocycles. The Morgan fingerprint density at radius 3 is 2.59 bits per heavy atom. The number of rotatable bonds is 3. The first-order valence-electron chi connectivity index (χ1n) is 9.73. The van der Waals surface area contributed by atoms with Gasteiger partial charge in [0.1, 0.15) is 0 Å². The molecule has 2 unspecified atom stereocenters. The molecular weight excluding hydrogens is 383 g/mol. The summed E-state index contributed by atoms with van der Waals surface area (Å²) in [6.45, 7) is 0.843. The van der Waals surface area contributed by atoms with Crippen molar-refractivity contribution in [2.45, 2.75) is 62.7 Å². The van der Waals surface area contributed by atoms with Gasteiger partial charge < -0.3 is 15.1 Å². The zero-order valence-electron chi connectivity index (χ0n) is 15.0. The van der Waals surface area contributed by atoms with E-state index in [-0.39, 0.29) is 29.4 Å². The van der Waals surface area contributed by atoms with Crippen LogP contribution < -0.4 is 10.2 Å². The second-order valence-corrected chi connectivity index (χ2v) is 9.28. The maximum absolute atomic E-state index is 13.3. The fourth-order valence-electron chi connectivity index (χ4n) is 5.85. The molecule has 4 fully saturated rings. The van der Waals surface area contributed by atoms with Gasteiger partial charge in [0.2, 0.25) is 5.91 Å². The third-order valence-electron chi connectivity index (χ3n) is 7.28. The highest BCUT2D eigenvalue weighted by molar-refractivity contribution is 6.35. The van der Waals surface area contributed by atoms with Crippen LogP contribution >= 0.6 is 23.2 Å². The van der Waals surface area contributed by atoms with Crippen molar-refractivity contribution in [2.24, 2.45) is 5.41 Å². The van der Waals surface area contributed by atoms with Crippen molar-refractivity contribution in [3.8, 4) is 6.19 Å². The second kappa shape index (κ2) is 6.18.